The Labute approximate surface area is 114 Å². The summed E-state index contributed by atoms with van der Waals surface area (Å²) < 4.78 is 1.90. The lowest BCUT2D eigenvalue weighted by Gasteiger charge is -2.36. The number of carbonyl (C=O) groups is 1. The smallest absolute Gasteiger partial charge is 0.310 e. The highest BCUT2D eigenvalue weighted by molar-refractivity contribution is 5.75. The van der Waals surface area contributed by atoms with Gasteiger partial charge in [0, 0.05) is 18.7 Å². The van der Waals surface area contributed by atoms with Crippen molar-refractivity contribution in [1.29, 1.82) is 0 Å². The molecule has 1 saturated carbocycles. The van der Waals surface area contributed by atoms with E-state index < -0.39 is 11.4 Å². The van der Waals surface area contributed by atoms with Crippen molar-refractivity contribution in [2.24, 2.45) is 11.3 Å². The van der Waals surface area contributed by atoms with Crippen LogP contribution in [-0.4, -0.2) is 20.9 Å². The summed E-state index contributed by atoms with van der Waals surface area (Å²) in [5.74, 6) is -0.157. The second-order valence-electron chi connectivity index (χ2n) is 6.34. The van der Waals surface area contributed by atoms with Gasteiger partial charge in [0.15, 0.2) is 0 Å². The van der Waals surface area contributed by atoms with Crippen LogP contribution in [0.3, 0.4) is 0 Å². The van der Waals surface area contributed by atoms with Gasteiger partial charge >= 0.3 is 5.97 Å². The molecular formula is C15H24N2O2. The SMILES string of the molecule is CC1CCCC(Cc2ccn(C(C)C)n2)(C(=O)O)C1. The van der Waals surface area contributed by atoms with E-state index in [1.807, 2.05) is 16.9 Å². The van der Waals surface area contributed by atoms with E-state index in [0.29, 0.717) is 18.4 Å². The zero-order valence-corrected chi connectivity index (χ0v) is 12.1. The molecule has 1 fully saturated rings. The van der Waals surface area contributed by atoms with Crippen molar-refractivity contribution >= 4 is 5.97 Å². The molecule has 1 aromatic heterocycles. The number of hydrogen-bond acceptors (Lipinski definition) is 2. The Balaban J connectivity index is 2.18. The maximum absolute atomic E-state index is 11.7. The van der Waals surface area contributed by atoms with E-state index in [1.165, 1.54) is 0 Å². The first-order chi connectivity index (χ1) is 8.93. The van der Waals surface area contributed by atoms with Crippen LogP contribution < -0.4 is 0 Å². The molecule has 0 saturated heterocycles. The van der Waals surface area contributed by atoms with Gasteiger partial charge in [0.05, 0.1) is 11.1 Å². The standard InChI is InChI=1S/C15H24N2O2/c1-11(2)17-8-6-13(16-17)10-15(14(18)19)7-4-5-12(3)9-15/h6,8,11-12H,4-5,7,9-10H2,1-3H3,(H,18,19). The van der Waals surface area contributed by atoms with Gasteiger partial charge in [-0.15, -0.1) is 0 Å². The van der Waals surface area contributed by atoms with E-state index in [2.05, 4.69) is 25.9 Å². The molecule has 1 aliphatic carbocycles. The quantitative estimate of drug-likeness (QED) is 0.908. The molecule has 1 aromatic rings. The van der Waals surface area contributed by atoms with Crippen LogP contribution in [-0.2, 0) is 11.2 Å². The second-order valence-corrected chi connectivity index (χ2v) is 6.34. The van der Waals surface area contributed by atoms with Gasteiger partial charge in [0.25, 0.3) is 0 Å². The summed E-state index contributed by atoms with van der Waals surface area (Å²) in [6.45, 7) is 6.31. The molecule has 0 bridgehead atoms. The largest absolute Gasteiger partial charge is 0.481 e. The molecule has 2 atom stereocenters. The van der Waals surface area contributed by atoms with Gasteiger partial charge in [0.1, 0.15) is 0 Å². The zero-order chi connectivity index (χ0) is 14.0. The summed E-state index contributed by atoms with van der Waals surface area (Å²) >= 11 is 0. The zero-order valence-electron chi connectivity index (χ0n) is 12.1. The number of carboxylic acids is 1. The normalized spacial score (nSPS) is 27.7. The van der Waals surface area contributed by atoms with Gasteiger partial charge in [-0.05, 0) is 38.7 Å². The van der Waals surface area contributed by atoms with Gasteiger partial charge in [0.2, 0.25) is 0 Å². The van der Waals surface area contributed by atoms with Crippen LogP contribution in [0.4, 0.5) is 0 Å². The second kappa shape index (κ2) is 5.35. The molecule has 0 radical (unpaired) electrons. The monoisotopic (exact) mass is 264 g/mol. The summed E-state index contributed by atoms with van der Waals surface area (Å²) in [4.78, 5) is 11.7. The summed E-state index contributed by atoms with van der Waals surface area (Å²) in [6.07, 6.45) is 6.22. The summed E-state index contributed by atoms with van der Waals surface area (Å²) in [5.41, 5.74) is 0.304. The minimum absolute atomic E-state index is 0.319. The molecule has 19 heavy (non-hydrogen) atoms. The number of aliphatic carboxylic acids is 1. The predicted octanol–water partition coefficient (Wildman–Crippen LogP) is 3.29. The Hall–Kier alpha value is -1.32. The lowest BCUT2D eigenvalue weighted by atomic mass is 9.67. The fraction of sp³-hybridized carbons (Fsp3) is 0.733. The van der Waals surface area contributed by atoms with E-state index in [-0.39, 0.29) is 0 Å². The average molecular weight is 264 g/mol. The van der Waals surface area contributed by atoms with Gasteiger partial charge < -0.3 is 5.11 Å². The first-order valence-corrected chi connectivity index (χ1v) is 7.20. The molecule has 4 heteroatoms. The molecule has 2 unspecified atom stereocenters. The van der Waals surface area contributed by atoms with Gasteiger partial charge in [-0.2, -0.15) is 5.10 Å². The molecular weight excluding hydrogens is 240 g/mol. The first-order valence-electron chi connectivity index (χ1n) is 7.20. The van der Waals surface area contributed by atoms with Gasteiger partial charge in [-0.1, -0.05) is 19.8 Å². The summed E-state index contributed by atoms with van der Waals surface area (Å²) in [7, 11) is 0. The van der Waals surface area contributed by atoms with E-state index in [0.717, 1.165) is 31.4 Å². The van der Waals surface area contributed by atoms with Crippen LogP contribution >= 0.6 is 0 Å². The van der Waals surface area contributed by atoms with E-state index in [1.54, 1.807) is 0 Å². The topological polar surface area (TPSA) is 55.1 Å². The summed E-state index contributed by atoms with van der Waals surface area (Å²) in [5, 5.41) is 14.2. The third-order valence-corrected chi connectivity index (χ3v) is 4.26. The van der Waals surface area contributed by atoms with Gasteiger partial charge in [-0.3, -0.25) is 9.48 Å². The Morgan fingerprint density at radius 3 is 2.89 bits per heavy atom. The van der Waals surface area contributed by atoms with Crippen molar-refractivity contribution < 1.29 is 9.90 Å². The maximum atomic E-state index is 11.7. The molecule has 4 nitrogen and oxygen atoms in total. The van der Waals surface area contributed by atoms with Crippen molar-refractivity contribution in [3.8, 4) is 0 Å². The molecule has 1 N–H and O–H groups in total. The number of hydrogen-bond donors (Lipinski definition) is 1. The van der Waals surface area contributed by atoms with E-state index >= 15 is 0 Å². The lowest BCUT2D eigenvalue weighted by molar-refractivity contribution is -0.152. The van der Waals surface area contributed by atoms with E-state index in [4.69, 9.17) is 0 Å². The van der Waals surface area contributed by atoms with Crippen LogP contribution in [0.25, 0.3) is 0 Å². The molecule has 0 amide bonds. The first kappa shape index (κ1) is 14.1. The molecule has 0 aliphatic heterocycles. The number of carboxylic acid groups (broad SMARTS) is 1. The minimum Gasteiger partial charge on any atom is -0.481 e. The molecule has 0 spiro atoms. The number of rotatable bonds is 4. The Kier molecular flexibility index (Phi) is 3.97. The highest BCUT2D eigenvalue weighted by atomic mass is 16.4. The lowest BCUT2D eigenvalue weighted by Crippen LogP contribution is -2.38. The Bertz CT molecular complexity index is 453. The van der Waals surface area contributed by atoms with Crippen LogP contribution in [0.15, 0.2) is 12.3 Å². The maximum Gasteiger partial charge on any atom is 0.310 e. The fourth-order valence-electron chi connectivity index (χ4n) is 3.20. The molecule has 2 rings (SSSR count). The molecule has 1 heterocycles. The van der Waals surface area contributed by atoms with Crippen LogP contribution in [0.1, 0.15) is 58.2 Å². The third-order valence-electron chi connectivity index (χ3n) is 4.26. The van der Waals surface area contributed by atoms with Crippen LogP contribution in [0.2, 0.25) is 0 Å². The van der Waals surface area contributed by atoms with E-state index in [9.17, 15) is 9.90 Å². The highest BCUT2D eigenvalue weighted by Gasteiger charge is 2.42. The fourth-order valence-corrected chi connectivity index (χ4v) is 3.20. The van der Waals surface area contributed by atoms with Crippen molar-refractivity contribution in [2.45, 2.75) is 58.9 Å². The average Bonchev–Trinajstić information content (AvgIpc) is 2.77. The van der Waals surface area contributed by atoms with Crippen molar-refractivity contribution in [2.75, 3.05) is 0 Å². The third kappa shape index (κ3) is 2.99. The molecule has 106 valence electrons. The van der Waals surface area contributed by atoms with Crippen molar-refractivity contribution in [1.82, 2.24) is 9.78 Å². The predicted molar refractivity (Wildman–Crippen MR) is 74.0 cm³/mol. The molecule has 0 aromatic carbocycles. The van der Waals surface area contributed by atoms with Gasteiger partial charge in [-0.25, -0.2) is 0 Å². The van der Waals surface area contributed by atoms with Crippen LogP contribution in [0, 0.1) is 11.3 Å². The molecule has 1 aliphatic rings. The number of nitrogens with zero attached hydrogens (tertiary/aromatic N) is 2. The van der Waals surface area contributed by atoms with Crippen molar-refractivity contribution in [3.05, 3.63) is 18.0 Å². The van der Waals surface area contributed by atoms with Crippen molar-refractivity contribution in [3.63, 3.8) is 0 Å². The van der Waals surface area contributed by atoms with Crippen LogP contribution in [0.5, 0.6) is 0 Å². The Morgan fingerprint density at radius 1 is 1.63 bits per heavy atom. The highest BCUT2D eigenvalue weighted by Crippen LogP contribution is 2.42. The number of aromatic nitrogens is 2. The minimum atomic E-state index is -0.654. The summed E-state index contributed by atoms with van der Waals surface area (Å²) in [6, 6.07) is 2.28. The Morgan fingerprint density at radius 2 is 2.37 bits per heavy atom.